The summed E-state index contributed by atoms with van der Waals surface area (Å²) in [6, 6.07) is 0. The van der Waals surface area contributed by atoms with E-state index in [0.29, 0.717) is 12.3 Å². The monoisotopic (exact) mass is 276 g/mol. The Hall–Kier alpha value is -0.0900. The molecule has 0 radical (unpaired) electrons. The highest BCUT2D eigenvalue weighted by Crippen LogP contribution is 2.20. The summed E-state index contributed by atoms with van der Waals surface area (Å²) < 4.78 is 28.5. The summed E-state index contributed by atoms with van der Waals surface area (Å²) in [5.74, 6) is -1.00. The van der Waals surface area contributed by atoms with E-state index >= 15 is 0 Å². The second kappa shape index (κ2) is 8.99. The van der Waals surface area contributed by atoms with Crippen LogP contribution in [-0.2, 0) is 9.53 Å². The first-order valence-corrected chi connectivity index (χ1v) is 6.19. The molecule has 96 valence electrons. The SMILES string of the molecule is O=C(OCCCCCCCCCl)C(F)(F)Cl. The van der Waals surface area contributed by atoms with E-state index in [4.69, 9.17) is 11.6 Å². The fourth-order valence-electron chi connectivity index (χ4n) is 1.15. The van der Waals surface area contributed by atoms with Gasteiger partial charge >= 0.3 is 11.4 Å². The van der Waals surface area contributed by atoms with Gasteiger partial charge in [0, 0.05) is 5.88 Å². The molecule has 0 aromatic heterocycles. The number of unbranched alkanes of at least 4 members (excludes halogenated alkanes) is 5. The highest BCUT2D eigenvalue weighted by molar-refractivity contribution is 6.31. The molecule has 0 saturated heterocycles. The van der Waals surface area contributed by atoms with Gasteiger partial charge in [0.25, 0.3) is 0 Å². The summed E-state index contributed by atoms with van der Waals surface area (Å²) in [4.78, 5) is 10.5. The Morgan fingerprint density at radius 2 is 1.56 bits per heavy atom. The standard InChI is InChI=1S/C10H16Cl2F2O2/c11-7-5-3-1-2-4-6-8-16-9(15)10(12,13)14/h1-8H2. The predicted molar refractivity (Wildman–Crippen MR) is 60.2 cm³/mol. The molecule has 0 amide bonds. The second-order valence-corrected chi connectivity index (χ2v) is 4.30. The number of hydrogen-bond acceptors (Lipinski definition) is 2. The van der Waals surface area contributed by atoms with E-state index in [0.717, 1.165) is 32.1 Å². The minimum atomic E-state index is -3.90. The Kier molecular flexibility index (Phi) is 8.94. The average Bonchev–Trinajstić information content (AvgIpc) is 2.20. The number of hydrogen-bond donors (Lipinski definition) is 0. The highest BCUT2D eigenvalue weighted by Gasteiger charge is 2.37. The van der Waals surface area contributed by atoms with Gasteiger partial charge in [-0.2, -0.15) is 8.78 Å². The third-order valence-corrected chi connectivity index (χ3v) is 2.41. The van der Waals surface area contributed by atoms with Gasteiger partial charge in [0.1, 0.15) is 0 Å². The highest BCUT2D eigenvalue weighted by atomic mass is 35.5. The number of ether oxygens (including phenoxy) is 1. The zero-order valence-corrected chi connectivity index (χ0v) is 10.5. The molecule has 0 aromatic carbocycles. The van der Waals surface area contributed by atoms with Gasteiger partial charge in [0.15, 0.2) is 0 Å². The first kappa shape index (κ1) is 15.9. The normalized spacial score (nSPS) is 11.5. The summed E-state index contributed by atoms with van der Waals surface area (Å²) >= 11 is 9.96. The van der Waals surface area contributed by atoms with Crippen molar-refractivity contribution in [2.75, 3.05) is 12.5 Å². The fourth-order valence-corrected chi connectivity index (χ4v) is 1.39. The van der Waals surface area contributed by atoms with E-state index in [1.165, 1.54) is 0 Å². The molecule has 6 heteroatoms. The van der Waals surface area contributed by atoms with Gasteiger partial charge in [0.05, 0.1) is 6.61 Å². The van der Waals surface area contributed by atoms with Crippen molar-refractivity contribution in [2.24, 2.45) is 0 Å². The van der Waals surface area contributed by atoms with Crippen LogP contribution >= 0.6 is 23.2 Å². The zero-order chi connectivity index (χ0) is 12.4. The number of rotatable bonds is 9. The Bertz CT molecular complexity index is 196. The molecule has 0 unspecified atom stereocenters. The van der Waals surface area contributed by atoms with Crippen molar-refractivity contribution in [1.29, 1.82) is 0 Å². The molecule has 0 aliphatic heterocycles. The van der Waals surface area contributed by atoms with Crippen LogP contribution in [0.5, 0.6) is 0 Å². The van der Waals surface area contributed by atoms with Crippen molar-refractivity contribution in [2.45, 2.75) is 43.9 Å². The largest absolute Gasteiger partial charge is 0.460 e. The Morgan fingerprint density at radius 1 is 1.06 bits per heavy atom. The Labute approximate surface area is 104 Å². The minimum absolute atomic E-state index is 0.00332. The van der Waals surface area contributed by atoms with Crippen LogP contribution < -0.4 is 0 Å². The summed E-state index contributed by atoms with van der Waals surface area (Å²) in [5.41, 5.74) is 0. The van der Waals surface area contributed by atoms with Crippen LogP contribution in [0.15, 0.2) is 0 Å². The molecule has 0 bridgehead atoms. The predicted octanol–water partition coefficient (Wildman–Crippen LogP) is 3.94. The lowest BCUT2D eigenvalue weighted by Gasteiger charge is -2.07. The number of carbonyl (C=O) groups excluding carboxylic acids is 1. The Balaban J connectivity index is 3.25. The maximum absolute atomic E-state index is 12.1. The molecule has 0 heterocycles. The number of halogens is 4. The third kappa shape index (κ3) is 9.16. The van der Waals surface area contributed by atoms with Crippen molar-refractivity contribution in [3.05, 3.63) is 0 Å². The molecule has 0 aliphatic rings. The summed E-state index contributed by atoms with van der Waals surface area (Å²) in [6.07, 6.45) is 5.55. The first-order valence-electron chi connectivity index (χ1n) is 5.28. The van der Waals surface area contributed by atoms with Crippen molar-refractivity contribution in [1.82, 2.24) is 0 Å². The maximum Gasteiger partial charge on any atom is 0.417 e. The first-order chi connectivity index (χ1) is 7.48. The van der Waals surface area contributed by atoms with E-state index in [1.807, 2.05) is 0 Å². The number of alkyl halides is 4. The van der Waals surface area contributed by atoms with Crippen LogP contribution in [0.1, 0.15) is 38.5 Å². The minimum Gasteiger partial charge on any atom is -0.460 e. The van der Waals surface area contributed by atoms with Gasteiger partial charge in [-0.1, -0.05) is 25.7 Å². The summed E-state index contributed by atoms with van der Waals surface area (Å²) in [5, 5.41) is -3.90. The van der Waals surface area contributed by atoms with E-state index in [1.54, 1.807) is 0 Å². The number of carbonyl (C=O) groups is 1. The molecule has 16 heavy (non-hydrogen) atoms. The summed E-state index contributed by atoms with van der Waals surface area (Å²) in [6.45, 7) is -0.00332. The van der Waals surface area contributed by atoms with Gasteiger partial charge in [-0.15, -0.1) is 11.6 Å². The van der Waals surface area contributed by atoms with E-state index < -0.39 is 11.4 Å². The molecule has 0 fully saturated rings. The lowest BCUT2D eigenvalue weighted by atomic mass is 10.1. The van der Waals surface area contributed by atoms with Crippen LogP contribution in [0.3, 0.4) is 0 Å². The maximum atomic E-state index is 12.1. The molecule has 0 N–H and O–H groups in total. The van der Waals surface area contributed by atoms with Crippen molar-refractivity contribution < 1.29 is 18.3 Å². The lowest BCUT2D eigenvalue weighted by molar-refractivity contribution is -0.161. The number of esters is 1. The van der Waals surface area contributed by atoms with Gasteiger partial charge in [0.2, 0.25) is 0 Å². The van der Waals surface area contributed by atoms with Gasteiger partial charge in [-0.25, -0.2) is 4.79 Å². The molecular formula is C10H16Cl2F2O2. The molecular weight excluding hydrogens is 261 g/mol. The quantitative estimate of drug-likeness (QED) is 0.362. The van der Waals surface area contributed by atoms with Crippen LogP contribution in [-0.4, -0.2) is 23.8 Å². The van der Waals surface area contributed by atoms with Crippen molar-refractivity contribution in [3.63, 3.8) is 0 Å². The van der Waals surface area contributed by atoms with Crippen LogP contribution in [0.4, 0.5) is 8.78 Å². The van der Waals surface area contributed by atoms with E-state index in [-0.39, 0.29) is 6.61 Å². The fraction of sp³-hybridized carbons (Fsp3) is 0.900. The smallest absolute Gasteiger partial charge is 0.417 e. The van der Waals surface area contributed by atoms with Crippen molar-refractivity contribution >= 4 is 29.2 Å². The third-order valence-electron chi connectivity index (χ3n) is 1.99. The molecule has 0 saturated carbocycles. The molecule has 0 spiro atoms. The van der Waals surface area contributed by atoms with Crippen LogP contribution in [0, 0.1) is 0 Å². The lowest BCUT2D eigenvalue weighted by Crippen LogP contribution is -2.24. The summed E-state index contributed by atoms with van der Waals surface area (Å²) in [7, 11) is 0. The van der Waals surface area contributed by atoms with E-state index in [9.17, 15) is 13.6 Å². The molecule has 0 atom stereocenters. The topological polar surface area (TPSA) is 26.3 Å². The van der Waals surface area contributed by atoms with Gasteiger partial charge in [-0.05, 0) is 24.4 Å². The molecule has 2 nitrogen and oxygen atoms in total. The van der Waals surface area contributed by atoms with Gasteiger partial charge < -0.3 is 4.74 Å². The van der Waals surface area contributed by atoms with Crippen LogP contribution in [0.25, 0.3) is 0 Å². The average molecular weight is 277 g/mol. The van der Waals surface area contributed by atoms with Gasteiger partial charge in [-0.3, -0.25) is 0 Å². The van der Waals surface area contributed by atoms with Crippen molar-refractivity contribution in [3.8, 4) is 0 Å². The van der Waals surface area contributed by atoms with Crippen LogP contribution in [0.2, 0.25) is 0 Å². The second-order valence-electron chi connectivity index (χ2n) is 3.44. The zero-order valence-electron chi connectivity index (χ0n) is 8.99. The molecule has 0 rings (SSSR count). The Morgan fingerprint density at radius 3 is 2.06 bits per heavy atom. The van der Waals surface area contributed by atoms with E-state index in [2.05, 4.69) is 16.3 Å². The molecule has 0 aliphatic carbocycles. The molecule has 0 aromatic rings.